The van der Waals surface area contributed by atoms with E-state index < -0.39 is 0 Å². The molecule has 0 radical (unpaired) electrons. The average Bonchev–Trinajstić information content (AvgIpc) is 2.07. The van der Waals surface area contributed by atoms with Crippen molar-refractivity contribution < 1.29 is 4.79 Å². The minimum Gasteiger partial charge on any atom is -0.323 e. The number of carbonyl (C=O) groups excluding carboxylic acids is 1. The molecule has 0 aliphatic heterocycles. The SMILES string of the molecule is CC(=O)C(=NN)c1ccccc1. The number of hydrogen-bond acceptors (Lipinski definition) is 3. The Hall–Kier alpha value is -1.64. The van der Waals surface area contributed by atoms with Gasteiger partial charge in [-0.05, 0) is 0 Å². The Morgan fingerprint density at radius 1 is 1.33 bits per heavy atom. The van der Waals surface area contributed by atoms with Gasteiger partial charge in [-0.15, -0.1) is 0 Å². The molecule has 0 aliphatic carbocycles. The van der Waals surface area contributed by atoms with Gasteiger partial charge in [-0.2, -0.15) is 5.10 Å². The largest absolute Gasteiger partial charge is 0.323 e. The molecule has 1 rings (SSSR count). The second-order valence-electron chi connectivity index (χ2n) is 2.40. The quantitative estimate of drug-likeness (QED) is 0.399. The van der Waals surface area contributed by atoms with Gasteiger partial charge in [-0.25, -0.2) is 0 Å². The third-order valence-corrected chi connectivity index (χ3v) is 1.51. The van der Waals surface area contributed by atoms with E-state index in [2.05, 4.69) is 5.10 Å². The summed E-state index contributed by atoms with van der Waals surface area (Å²) in [6.07, 6.45) is 0. The molecule has 3 nitrogen and oxygen atoms in total. The summed E-state index contributed by atoms with van der Waals surface area (Å²) in [7, 11) is 0. The third-order valence-electron chi connectivity index (χ3n) is 1.51. The van der Waals surface area contributed by atoms with Gasteiger partial charge in [0.1, 0.15) is 5.71 Å². The average molecular weight is 162 g/mol. The molecule has 0 bridgehead atoms. The molecule has 1 aromatic rings. The summed E-state index contributed by atoms with van der Waals surface area (Å²) >= 11 is 0. The molecule has 1 aromatic carbocycles. The Balaban J connectivity index is 3.05. The molecule has 0 spiro atoms. The highest BCUT2D eigenvalue weighted by Gasteiger charge is 2.06. The van der Waals surface area contributed by atoms with Gasteiger partial charge in [0.15, 0.2) is 5.78 Å². The molecule has 62 valence electrons. The number of hydrogen-bond donors (Lipinski definition) is 1. The first-order valence-corrected chi connectivity index (χ1v) is 3.60. The zero-order valence-electron chi connectivity index (χ0n) is 6.82. The maximum Gasteiger partial charge on any atom is 0.180 e. The number of carbonyl (C=O) groups is 1. The lowest BCUT2D eigenvalue weighted by atomic mass is 10.1. The normalized spacial score (nSPS) is 11.2. The molecule has 2 N–H and O–H groups in total. The topological polar surface area (TPSA) is 55.5 Å². The highest BCUT2D eigenvalue weighted by atomic mass is 16.1. The third kappa shape index (κ3) is 1.69. The Morgan fingerprint density at radius 2 is 1.92 bits per heavy atom. The van der Waals surface area contributed by atoms with E-state index in [-0.39, 0.29) is 5.78 Å². The van der Waals surface area contributed by atoms with Crippen LogP contribution in [0.4, 0.5) is 0 Å². The van der Waals surface area contributed by atoms with Crippen LogP contribution in [-0.2, 0) is 4.79 Å². The van der Waals surface area contributed by atoms with Crippen molar-refractivity contribution in [2.45, 2.75) is 6.92 Å². The van der Waals surface area contributed by atoms with Crippen molar-refractivity contribution in [3.8, 4) is 0 Å². The van der Waals surface area contributed by atoms with E-state index in [1.807, 2.05) is 18.2 Å². The van der Waals surface area contributed by atoms with Gasteiger partial charge in [-0.3, -0.25) is 4.79 Å². The molecule has 0 heterocycles. The van der Waals surface area contributed by atoms with Gasteiger partial charge in [0.25, 0.3) is 0 Å². The lowest BCUT2D eigenvalue weighted by Crippen LogP contribution is -2.13. The molecule has 0 amide bonds. The molecule has 0 aliphatic rings. The fourth-order valence-electron chi connectivity index (χ4n) is 0.965. The predicted octanol–water partition coefficient (Wildman–Crippen LogP) is 0.938. The van der Waals surface area contributed by atoms with Crippen LogP contribution in [-0.4, -0.2) is 11.5 Å². The van der Waals surface area contributed by atoms with E-state index in [1.54, 1.807) is 12.1 Å². The van der Waals surface area contributed by atoms with Crippen molar-refractivity contribution in [1.29, 1.82) is 0 Å². The maximum absolute atomic E-state index is 11.0. The van der Waals surface area contributed by atoms with Crippen molar-refractivity contribution in [3.05, 3.63) is 35.9 Å². The number of Topliss-reactive ketones (excluding diaryl/α,β-unsaturated/α-hetero) is 1. The van der Waals surface area contributed by atoms with Crippen LogP contribution in [0.2, 0.25) is 0 Å². The van der Waals surface area contributed by atoms with E-state index in [0.29, 0.717) is 5.71 Å². The zero-order chi connectivity index (χ0) is 8.97. The van der Waals surface area contributed by atoms with Gasteiger partial charge >= 0.3 is 0 Å². The van der Waals surface area contributed by atoms with Gasteiger partial charge in [0, 0.05) is 12.5 Å². The number of benzene rings is 1. The summed E-state index contributed by atoms with van der Waals surface area (Å²) in [5.41, 5.74) is 1.07. The van der Waals surface area contributed by atoms with Crippen LogP contribution < -0.4 is 5.84 Å². The highest BCUT2D eigenvalue weighted by molar-refractivity contribution is 6.45. The van der Waals surface area contributed by atoms with E-state index >= 15 is 0 Å². The van der Waals surface area contributed by atoms with Crippen molar-refractivity contribution in [1.82, 2.24) is 0 Å². The molecule has 3 heteroatoms. The molecule has 0 saturated heterocycles. The summed E-state index contributed by atoms with van der Waals surface area (Å²) < 4.78 is 0. The maximum atomic E-state index is 11.0. The first-order valence-electron chi connectivity index (χ1n) is 3.60. The summed E-state index contributed by atoms with van der Waals surface area (Å²) in [6, 6.07) is 9.14. The highest BCUT2D eigenvalue weighted by Crippen LogP contribution is 2.00. The van der Waals surface area contributed by atoms with Crippen molar-refractivity contribution in [2.24, 2.45) is 10.9 Å². The molecule has 0 saturated carbocycles. The molecular weight excluding hydrogens is 152 g/mol. The van der Waals surface area contributed by atoms with Gasteiger partial charge < -0.3 is 5.84 Å². The minimum atomic E-state index is -0.122. The van der Waals surface area contributed by atoms with E-state index in [0.717, 1.165) is 5.56 Å². The number of ketones is 1. The molecule has 0 fully saturated rings. The second-order valence-corrected chi connectivity index (χ2v) is 2.40. The Bertz CT molecular complexity index is 304. The fraction of sp³-hybridized carbons (Fsp3) is 0.111. The number of nitrogens with two attached hydrogens (primary N) is 1. The summed E-state index contributed by atoms with van der Waals surface area (Å²) in [5, 5.41) is 3.42. The van der Waals surface area contributed by atoms with E-state index in [9.17, 15) is 4.79 Å². The van der Waals surface area contributed by atoms with E-state index in [4.69, 9.17) is 5.84 Å². The second kappa shape index (κ2) is 3.67. The van der Waals surface area contributed by atoms with Gasteiger partial charge in [-0.1, -0.05) is 30.3 Å². The lowest BCUT2D eigenvalue weighted by Gasteiger charge is -1.98. The van der Waals surface area contributed by atoms with Crippen LogP contribution in [0.25, 0.3) is 0 Å². The van der Waals surface area contributed by atoms with Crippen LogP contribution >= 0.6 is 0 Å². The number of nitrogens with zero attached hydrogens (tertiary/aromatic N) is 1. The van der Waals surface area contributed by atoms with Crippen molar-refractivity contribution in [3.63, 3.8) is 0 Å². The smallest absolute Gasteiger partial charge is 0.180 e. The van der Waals surface area contributed by atoms with E-state index in [1.165, 1.54) is 6.92 Å². The number of rotatable bonds is 2. The van der Waals surface area contributed by atoms with Crippen LogP contribution in [0.3, 0.4) is 0 Å². The van der Waals surface area contributed by atoms with Crippen LogP contribution in [0, 0.1) is 0 Å². The first-order chi connectivity index (χ1) is 5.75. The van der Waals surface area contributed by atoms with Crippen LogP contribution in [0.5, 0.6) is 0 Å². The lowest BCUT2D eigenvalue weighted by molar-refractivity contribution is -0.111. The fourth-order valence-corrected chi connectivity index (χ4v) is 0.965. The van der Waals surface area contributed by atoms with Crippen molar-refractivity contribution in [2.75, 3.05) is 0 Å². The predicted molar refractivity (Wildman–Crippen MR) is 47.8 cm³/mol. The summed E-state index contributed by atoms with van der Waals surface area (Å²) in [5.74, 6) is 4.95. The molecular formula is C9H10N2O. The molecule has 0 atom stereocenters. The van der Waals surface area contributed by atoms with Crippen LogP contribution in [0.15, 0.2) is 35.4 Å². The van der Waals surface area contributed by atoms with Gasteiger partial charge in [0.05, 0.1) is 0 Å². The molecule has 0 unspecified atom stereocenters. The Kier molecular flexibility index (Phi) is 2.58. The van der Waals surface area contributed by atoms with Crippen LogP contribution in [0.1, 0.15) is 12.5 Å². The monoisotopic (exact) mass is 162 g/mol. The Morgan fingerprint density at radius 3 is 2.33 bits per heavy atom. The summed E-state index contributed by atoms with van der Waals surface area (Å²) in [4.78, 5) is 11.0. The number of hydrazone groups is 1. The molecule has 12 heavy (non-hydrogen) atoms. The standard InChI is InChI=1S/C9H10N2O/c1-7(12)9(11-10)8-5-3-2-4-6-8/h2-6H,10H2,1H3. The summed E-state index contributed by atoms with van der Waals surface area (Å²) in [6.45, 7) is 1.44. The first kappa shape index (κ1) is 8.46. The minimum absolute atomic E-state index is 0.122. The Labute approximate surface area is 70.9 Å². The zero-order valence-corrected chi connectivity index (χ0v) is 6.82. The van der Waals surface area contributed by atoms with Crippen molar-refractivity contribution >= 4 is 11.5 Å². The van der Waals surface area contributed by atoms with Gasteiger partial charge in [0.2, 0.25) is 0 Å². The molecule has 0 aromatic heterocycles.